The SMILES string of the molecule is COc1ccc([B-](OC)(OC)OC)cc1C12CC3CC(CC(C3)C1)C2.[Li+]. The van der Waals surface area contributed by atoms with Gasteiger partial charge >= 0.3 is 25.6 Å². The van der Waals surface area contributed by atoms with E-state index in [0.717, 1.165) is 29.0 Å². The summed E-state index contributed by atoms with van der Waals surface area (Å²) >= 11 is 0. The van der Waals surface area contributed by atoms with Crippen molar-refractivity contribution >= 4 is 12.2 Å². The molecule has 4 bridgehead atoms. The summed E-state index contributed by atoms with van der Waals surface area (Å²) in [5.41, 5.74) is 2.55. The summed E-state index contributed by atoms with van der Waals surface area (Å²) in [6.45, 7) is -1.91. The third kappa shape index (κ3) is 3.06. The fraction of sp³-hybridized carbons (Fsp3) is 0.700. The van der Waals surface area contributed by atoms with E-state index in [4.69, 9.17) is 18.7 Å². The van der Waals surface area contributed by atoms with Gasteiger partial charge in [0.1, 0.15) is 5.75 Å². The summed E-state index contributed by atoms with van der Waals surface area (Å²) in [7, 11) is 6.70. The van der Waals surface area contributed by atoms with Gasteiger partial charge in [-0.3, -0.25) is 0 Å². The Morgan fingerprint density at radius 3 is 1.77 bits per heavy atom. The summed E-state index contributed by atoms with van der Waals surface area (Å²) in [4.78, 5) is 0. The summed E-state index contributed by atoms with van der Waals surface area (Å²) in [5.74, 6) is 3.67. The Bertz CT molecular complexity index is 603. The molecule has 138 valence electrons. The van der Waals surface area contributed by atoms with E-state index in [9.17, 15) is 0 Å². The molecule has 26 heavy (non-hydrogen) atoms. The second kappa shape index (κ2) is 7.53. The summed E-state index contributed by atoms with van der Waals surface area (Å²) in [5, 5.41) is 0. The van der Waals surface area contributed by atoms with Gasteiger partial charge < -0.3 is 18.7 Å². The van der Waals surface area contributed by atoms with Gasteiger partial charge in [-0.15, -0.1) is 5.46 Å². The minimum absolute atomic E-state index is 0. The first-order valence-electron chi connectivity index (χ1n) is 9.56. The number of hydrogen-bond acceptors (Lipinski definition) is 4. The molecule has 4 saturated carbocycles. The van der Waals surface area contributed by atoms with Gasteiger partial charge in [-0.1, -0.05) is 12.1 Å². The predicted molar refractivity (Wildman–Crippen MR) is 99.3 cm³/mol. The van der Waals surface area contributed by atoms with Crippen molar-refractivity contribution in [2.75, 3.05) is 28.4 Å². The maximum absolute atomic E-state index is 5.79. The molecule has 1 aromatic rings. The smallest absolute Gasteiger partial charge is 0.543 e. The molecule has 0 unspecified atom stereocenters. The van der Waals surface area contributed by atoms with E-state index in [1.54, 1.807) is 28.4 Å². The van der Waals surface area contributed by atoms with E-state index < -0.39 is 6.75 Å². The largest absolute Gasteiger partial charge is 1.00 e. The van der Waals surface area contributed by atoms with Crippen LogP contribution < -0.4 is 29.1 Å². The van der Waals surface area contributed by atoms with Crippen LogP contribution in [0, 0.1) is 17.8 Å². The monoisotopic (exact) mass is 352 g/mol. The normalized spacial score (nSPS) is 32.4. The topological polar surface area (TPSA) is 36.9 Å². The molecule has 0 aromatic heterocycles. The Balaban J connectivity index is 0.00000196. The zero-order valence-corrected chi connectivity index (χ0v) is 16.9. The van der Waals surface area contributed by atoms with Crippen LogP contribution in [0.4, 0.5) is 0 Å². The average molecular weight is 352 g/mol. The maximum Gasteiger partial charge on any atom is 1.00 e. The second-order valence-corrected chi connectivity index (χ2v) is 8.51. The van der Waals surface area contributed by atoms with Crippen molar-refractivity contribution in [3.63, 3.8) is 0 Å². The van der Waals surface area contributed by atoms with Crippen LogP contribution in [0.15, 0.2) is 18.2 Å². The molecule has 0 spiro atoms. The molecule has 0 radical (unpaired) electrons. The summed E-state index contributed by atoms with van der Waals surface area (Å²) in [6.07, 6.45) is 8.19. The Hall–Kier alpha value is -0.438. The van der Waals surface area contributed by atoms with E-state index >= 15 is 0 Å². The zero-order chi connectivity index (χ0) is 17.7. The van der Waals surface area contributed by atoms with Crippen molar-refractivity contribution in [2.45, 2.75) is 43.9 Å². The summed E-state index contributed by atoms with van der Waals surface area (Å²) < 4.78 is 22.7. The van der Waals surface area contributed by atoms with Crippen LogP contribution in [0.3, 0.4) is 0 Å². The molecule has 0 aliphatic heterocycles. The molecule has 0 saturated heterocycles. The van der Waals surface area contributed by atoms with Crippen LogP contribution in [0.1, 0.15) is 44.1 Å². The fourth-order valence-electron chi connectivity index (χ4n) is 6.50. The maximum atomic E-state index is 5.79. The number of methoxy groups -OCH3 is 1. The third-order valence-electron chi connectivity index (χ3n) is 7.17. The minimum Gasteiger partial charge on any atom is -0.543 e. The number of benzene rings is 1. The molecule has 0 atom stereocenters. The number of hydrogen-bond donors (Lipinski definition) is 0. The quantitative estimate of drug-likeness (QED) is 0.688. The van der Waals surface area contributed by atoms with Gasteiger partial charge in [0.15, 0.2) is 0 Å². The van der Waals surface area contributed by atoms with E-state index in [0.29, 0.717) is 0 Å². The molecule has 1 aromatic carbocycles. The fourth-order valence-corrected chi connectivity index (χ4v) is 6.50. The molecular formula is C20H30BLiO4. The van der Waals surface area contributed by atoms with Gasteiger partial charge in [0, 0.05) is 0 Å². The zero-order valence-electron chi connectivity index (χ0n) is 16.9. The number of rotatable bonds is 6. The molecule has 0 amide bonds. The van der Waals surface area contributed by atoms with Gasteiger partial charge in [0.25, 0.3) is 0 Å². The van der Waals surface area contributed by atoms with E-state index in [-0.39, 0.29) is 24.3 Å². The Kier molecular flexibility index (Phi) is 5.88. The van der Waals surface area contributed by atoms with Crippen molar-refractivity contribution in [3.05, 3.63) is 23.8 Å². The molecular weight excluding hydrogens is 322 g/mol. The first-order chi connectivity index (χ1) is 12.1. The molecule has 0 heterocycles. The van der Waals surface area contributed by atoms with Crippen LogP contribution in [-0.4, -0.2) is 35.2 Å². The molecule has 4 aliphatic rings. The van der Waals surface area contributed by atoms with Crippen LogP contribution in [0.25, 0.3) is 0 Å². The van der Waals surface area contributed by atoms with Crippen LogP contribution in [0.5, 0.6) is 5.75 Å². The van der Waals surface area contributed by atoms with Gasteiger partial charge in [-0.2, -0.15) is 0 Å². The average Bonchev–Trinajstić information content (AvgIpc) is 2.62. The molecule has 0 N–H and O–H groups in total. The Labute approximate surface area is 169 Å². The van der Waals surface area contributed by atoms with E-state index in [1.807, 2.05) is 6.07 Å². The van der Waals surface area contributed by atoms with Crippen molar-refractivity contribution in [2.24, 2.45) is 17.8 Å². The van der Waals surface area contributed by atoms with Crippen LogP contribution in [0.2, 0.25) is 0 Å². The van der Waals surface area contributed by atoms with Crippen molar-refractivity contribution in [3.8, 4) is 5.75 Å². The number of ether oxygens (including phenoxy) is 1. The Morgan fingerprint density at radius 1 is 0.846 bits per heavy atom. The second-order valence-electron chi connectivity index (χ2n) is 8.51. The molecule has 4 fully saturated rings. The predicted octanol–water partition coefficient (Wildman–Crippen LogP) is 0.252. The first kappa shape index (κ1) is 20.3. The minimum atomic E-state index is -1.91. The standard InChI is InChI=1S/C20H30BO4.Li/c1-22-19-6-5-17(21(23-2,24-3)25-4)10-18(19)20-11-14-7-15(12-20)9-16(8-14)13-20;/h5-6,10,14-16H,7-9,11-13H2,1-4H3;/q-1;+1. The van der Waals surface area contributed by atoms with Crippen molar-refractivity contribution in [1.29, 1.82) is 0 Å². The molecule has 4 nitrogen and oxygen atoms in total. The Morgan fingerprint density at radius 2 is 1.35 bits per heavy atom. The van der Waals surface area contributed by atoms with Gasteiger partial charge in [-0.05, 0) is 94.7 Å². The van der Waals surface area contributed by atoms with E-state index in [2.05, 4.69) is 12.1 Å². The first-order valence-corrected chi connectivity index (χ1v) is 9.56. The van der Waals surface area contributed by atoms with Crippen molar-refractivity contribution in [1.82, 2.24) is 0 Å². The molecule has 5 rings (SSSR count). The van der Waals surface area contributed by atoms with Gasteiger partial charge in [0.2, 0.25) is 0 Å². The van der Waals surface area contributed by atoms with E-state index in [1.165, 1.54) is 44.1 Å². The molecule has 4 aliphatic carbocycles. The van der Waals surface area contributed by atoms with Gasteiger partial charge in [-0.25, -0.2) is 0 Å². The van der Waals surface area contributed by atoms with Crippen LogP contribution in [-0.2, 0) is 19.4 Å². The third-order valence-corrected chi connectivity index (χ3v) is 7.17. The summed E-state index contributed by atoms with van der Waals surface area (Å²) in [6, 6.07) is 6.32. The van der Waals surface area contributed by atoms with Crippen LogP contribution >= 0.6 is 0 Å². The van der Waals surface area contributed by atoms with Crippen molar-refractivity contribution < 1.29 is 37.6 Å². The van der Waals surface area contributed by atoms with Gasteiger partial charge in [0.05, 0.1) is 7.11 Å². The molecule has 6 heteroatoms.